The highest BCUT2D eigenvalue weighted by Crippen LogP contribution is 2.27. The van der Waals surface area contributed by atoms with E-state index in [0.29, 0.717) is 0 Å². The number of sulfonamides is 1. The van der Waals surface area contributed by atoms with Crippen LogP contribution in [0.3, 0.4) is 0 Å². The molecule has 1 rings (SSSR count). The van der Waals surface area contributed by atoms with Gasteiger partial charge in [-0.25, -0.2) is 17.9 Å². The van der Waals surface area contributed by atoms with Gasteiger partial charge in [0.25, 0.3) is 0 Å². The van der Waals surface area contributed by atoms with Crippen molar-refractivity contribution in [2.75, 3.05) is 0 Å². The van der Waals surface area contributed by atoms with Gasteiger partial charge >= 0.3 is 5.69 Å². The van der Waals surface area contributed by atoms with Crippen molar-refractivity contribution in [2.45, 2.75) is 11.8 Å². The lowest BCUT2D eigenvalue weighted by atomic mass is 10.2. The van der Waals surface area contributed by atoms with Gasteiger partial charge in [-0.3, -0.25) is 10.1 Å². The zero-order valence-electron chi connectivity index (χ0n) is 7.90. The third-order valence-corrected chi connectivity index (χ3v) is 2.78. The van der Waals surface area contributed by atoms with Gasteiger partial charge in [-0.05, 0) is 6.92 Å². The fraction of sp³-hybridized carbons (Fsp3) is 0.143. The number of halogens is 2. The van der Waals surface area contributed by atoms with Crippen molar-refractivity contribution in [1.82, 2.24) is 0 Å². The number of hydrogen-bond donors (Lipinski definition) is 1. The van der Waals surface area contributed by atoms with E-state index < -0.39 is 42.7 Å². The summed E-state index contributed by atoms with van der Waals surface area (Å²) >= 11 is 0. The van der Waals surface area contributed by atoms with E-state index in [2.05, 4.69) is 5.14 Å². The van der Waals surface area contributed by atoms with Gasteiger partial charge in [-0.2, -0.15) is 4.39 Å². The molecule has 0 bridgehead atoms. The minimum Gasteiger partial charge on any atom is -0.258 e. The van der Waals surface area contributed by atoms with E-state index in [1.165, 1.54) is 0 Å². The minimum atomic E-state index is -4.47. The van der Waals surface area contributed by atoms with Crippen molar-refractivity contribution in [3.05, 3.63) is 33.4 Å². The van der Waals surface area contributed by atoms with Crippen molar-refractivity contribution in [2.24, 2.45) is 5.14 Å². The van der Waals surface area contributed by atoms with Crippen molar-refractivity contribution in [3.8, 4) is 0 Å². The van der Waals surface area contributed by atoms with Crippen LogP contribution >= 0.6 is 0 Å². The second-order valence-corrected chi connectivity index (χ2v) is 4.48. The normalized spacial score (nSPS) is 11.5. The van der Waals surface area contributed by atoms with Gasteiger partial charge in [0.1, 0.15) is 10.7 Å². The van der Waals surface area contributed by atoms with E-state index in [9.17, 15) is 27.3 Å². The van der Waals surface area contributed by atoms with E-state index in [1.54, 1.807) is 0 Å². The molecule has 0 saturated heterocycles. The van der Waals surface area contributed by atoms with Gasteiger partial charge in [-0.15, -0.1) is 0 Å². The Kier molecular flexibility index (Phi) is 2.93. The molecule has 1 aromatic carbocycles. The van der Waals surface area contributed by atoms with Gasteiger partial charge in [0.15, 0.2) is 0 Å². The zero-order valence-corrected chi connectivity index (χ0v) is 8.72. The van der Waals surface area contributed by atoms with Gasteiger partial charge in [0.05, 0.1) is 4.92 Å². The maximum atomic E-state index is 13.3. The Hall–Kier alpha value is -1.61. The van der Waals surface area contributed by atoms with Crippen LogP contribution in [-0.2, 0) is 10.0 Å². The summed E-state index contributed by atoms with van der Waals surface area (Å²) in [6.07, 6.45) is 0. The molecule has 6 nitrogen and oxygen atoms in total. The van der Waals surface area contributed by atoms with Crippen LogP contribution in [0.25, 0.3) is 0 Å². The number of nitro benzene ring substituents is 1. The predicted octanol–water partition coefficient (Wildman–Crippen LogP) is 0.829. The van der Waals surface area contributed by atoms with Crippen LogP contribution in [0.2, 0.25) is 0 Å². The van der Waals surface area contributed by atoms with Crippen LogP contribution in [0.15, 0.2) is 11.0 Å². The Bertz CT molecular complexity index is 570. The first-order chi connectivity index (χ1) is 7.16. The van der Waals surface area contributed by atoms with Crippen molar-refractivity contribution >= 4 is 15.7 Å². The molecule has 0 aliphatic heterocycles. The molecule has 0 spiro atoms. The number of primary sulfonamides is 1. The van der Waals surface area contributed by atoms with Crippen LogP contribution in [0, 0.1) is 28.7 Å². The summed E-state index contributed by atoms with van der Waals surface area (Å²) in [5, 5.41) is 15.0. The molecule has 16 heavy (non-hydrogen) atoms. The summed E-state index contributed by atoms with van der Waals surface area (Å²) in [6, 6.07) is 0.257. The van der Waals surface area contributed by atoms with Crippen molar-refractivity contribution < 1.29 is 22.1 Å². The third kappa shape index (κ3) is 1.99. The van der Waals surface area contributed by atoms with Gasteiger partial charge in [-0.1, -0.05) is 0 Å². The molecule has 0 radical (unpaired) electrons. The van der Waals surface area contributed by atoms with Crippen LogP contribution in [0.4, 0.5) is 14.5 Å². The fourth-order valence-corrected chi connectivity index (χ4v) is 1.74. The predicted molar refractivity (Wildman–Crippen MR) is 49.1 cm³/mol. The Morgan fingerprint density at radius 1 is 1.38 bits per heavy atom. The first-order valence-electron chi connectivity index (χ1n) is 3.82. The van der Waals surface area contributed by atoms with Gasteiger partial charge in [0.2, 0.25) is 15.8 Å². The number of nitrogens with two attached hydrogens (primary N) is 1. The lowest BCUT2D eigenvalue weighted by Gasteiger charge is -2.05. The Labute approximate surface area is 88.9 Å². The van der Waals surface area contributed by atoms with E-state index >= 15 is 0 Å². The topological polar surface area (TPSA) is 103 Å². The highest BCUT2D eigenvalue weighted by atomic mass is 32.2. The summed E-state index contributed by atoms with van der Waals surface area (Å²) in [5.41, 5.74) is -1.90. The molecule has 0 amide bonds. The van der Waals surface area contributed by atoms with Crippen molar-refractivity contribution in [3.63, 3.8) is 0 Å². The molecule has 0 saturated carbocycles. The molecule has 0 fully saturated rings. The molecular formula is C7H6F2N2O4S. The average molecular weight is 252 g/mol. The summed E-state index contributed by atoms with van der Waals surface area (Å²) in [6.45, 7) is 0.881. The number of rotatable bonds is 2. The average Bonchev–Trinajstić information content (AvgIpc) is 2.11. The zero-order chi connectivity index (χ0) is 12.7. The largest absolute Gasteiger partial charge is 0.306 e. The van der Waals surface area contributed by atoms with E-state index in [-0.39, 0.29) is 6.07 Å². The van der Waals surface area contributed by atoms with Gasteiger partial charge in [0, 0.05) is 11.6 Å². The summed E-state index contributed by atoms with van der Waals surface area (Å²) in [4.78, 5) is 8.12. The van der Waals surface area contributed by atoms with Gasteiger partial charge < -0.3 is 0 Å². The van der Waals surface area contributed by atoms with E-state index in [0.717, 1.165) is 6.92 Å². The van der Waals surface area contributed by atoms with Crippen LogP contribution in [0.5, 0.6) is 0 Å². The van der Waals surface area contributed by atoms with E-state index in [4.69, 9.17) is 0 Å². The number of nitro groups is 1. The highest BCUT2D eigenvalue weighted by Gasteiger charge is 2.27. The molecule has 88 valence electrons. The molecule has 0 aliphatic carbocycles. The molecule has 0 unspecified atom stereocenters. The van der Waals surface area contributed by atoms with Crippen molar-refractivity contribution in [1.29, 1.82) is 0 Å². The third-order valence-electron chi connectivity index (χ3n) is 1.87. The van der Waals surface area contributed by atoms with Crippen LogP contribution < -0.4 is 5.14 Å². The smallest absolute Gasteiger partial charge is 0.258 e. The Balaban J connectivity index is 3.74. The summed E-state index contributed by atoms with van der Waals surface area (Å²) < 4.78 is 48.2. The monoisotopic (exact) mass is 252 g/mol. The Morgan fingerprint density at radius 3 is 2.25 bits per heavy atom. The molecular weight excluding hydrogens is 246 g/mol. The second kappa shape index (κ2) is 3.76. The highest BCUT2D eigenvalue weighted by molar-refractivity contribution is 7.89. The first kappa shape index (κ1) is 12.5. The maximum absolute atomic E-state index is 13.3. The molecule has 0 aromatic heterocycles. The SMILES string of the molecule is Cc1c(F)c([N+](=O)[O-])cc(S(N)(=O)=O)c1F. The van der Waals surface area contributed by atoms with E-state index in [1.807, 2.05) is 0 Å². The standard InChI is InChI=1S/C7H6F2N2O4S/c1-3-6(8)4(11(12)13)2-5(7(3)9)16(10,14)15/h2H,1H3,(H2,10,14,15). The molecule has 9 heteroatoms. The minimum absolute atomic E-state index is 0.257. The molecule has 2 N–H and O–H groups in total. The lowest BCUT2D eigenvalue weighted by Crippen LogP contribution is -2.16. The Morgan fingerprint density at radius 2 is 1.88 bits per heavy atom. The quantitative estimate of drug-likeness (QED) is 0.621. The van der Waals surface area contributed by atoms with Crippen LogP contribution in [0.1, 0.15) is 5.56 Å². The summed E-state index contributed by atoms with van der Waals surface area (Å²) in [5.74, 6) is -2.85. The number of hydrogen-bond acceptors (Lipinski definition) is 4. The molecule has 1 aromatic rings. The number of nitrogens with zero attached hydrogens (tertiary/aromatic N) is 1. The lowest BCUT2D eigenvalue weighted by molar-refractivity contribution is -0.387. The fourth-order valence-electron chi connectivity index (χ4n) is 1.06. The number of benzene rings is 1. The molecule has 0 aliphatic rings. The first-order valence-corrected chi connectivity index (χ1v) is 5.36. The molecule has 0 heterocycles. The van der Waals surface area contributed by atoms with Crippen LogP contribution in [-0.4, -0.2) is 13.3 Å². The maximum Gasteiger partial charge on any atom is 0.306 e. The second-order valence-electron chi connectivity index (χ2n) is 2.95. The summed E-state index contributed by atoms with van der Waals surface area (Å²) in [7, 11) is -4.47. The molecule has 0 atom stereocenters.